The van der Waals surface area contributed by atoms with E-state index in [-0.39, 0.29) is 5.41 Å². The first-order chi connectivity index (χ1) is 37.0. The minimum atomic E-state index is -0.209. The Hall–Kier alpha value is -9.36. The van der Waals surface area contributed by atoms with E-state index in [2.05, 4.69) is 281 Å². The molecule has 0 saturated carbocycles. The largest absolute Gasteiger partial charge is 0.0622 e. The fraction of sp³-hybridized carbons (Fsp3) is 0.0400. The third-order valence-corrected chi connectivity index (χ3v) is 16.6. The van der Waals surface area contributed by atoms with Crippen LogP contribution in [-0.2, 0) is 5.41 Å². The van der Waals surface area contributed by atoms with Gasteiger partial charge in [0, 0.05) is 5.41 Å². The number of benzene rings is 14. The molecule has 0 saturated heterocycles. The van der Waals surface area contributed by atoms with E-state index in [4.69, 9.17) is 0 Å². The molecule has 1 aliphatic rings. The van der Waals surface area contributed by atoms with Crippen LogP contribution in [-0.4, -0.2) is 0 Å². The summed E-state index contributed by atoms with van der Waals surface area (Å²) in [5.74, 6) is 0. The maximum atomic E-state index is 2.50. The molecule has 14 aromatic carbocycles. The van der Waals surface area contributed by atoms with Gasteiger partial charge in [-0.3, -0.25) is 0 Å². The first kappa shape index (κ1) is 43.2. The highest BCUT2D eigenvalue weighted by Gasteiger charge is 2.36. The van der Waals surface area contributed by atoms with E-state index in [1.807, 2.05) is 0 Å². The molecule has 1 aliphatic carbocycles. The van der Waals surface area contributed by atoms with Crippen LogP contribution < -0.4 is 0 Å². The molecule has 0 fully saturated rings. The van der Waals surface area contributed by atoms with Crippen LogP contribution in [0.3, 0.4) is 0 Å². The second kappa shape index (κ2) is 16.9. The molecular formula is C75H50. The minimum Gasteiger partial charge on any atom is -0.0622 e. The van der Waals surface area contributed by atoms with Crippen molar-refractivity contribution in [2.24, 2.45) is 0 Å². The minimum absolute atomic E-state index is 0.209. The number of rotatable bonds is 6. The zero-order valence-corrected chi connectivity index (χ0v) is 41.9. The molecule has 0 amide bonds. The Morgan fingerprint density at radius 3 is 1.11 bits per heavy atom. The van der Waals surface area contributed by atoms with Gasteiger partial charge in [-0.15, -0.1) is 0 Å². The average Bonchev–Trinajstić information content (AvgIpc) is 3.73. The summed E-state index contributed by atoms with van der Waals surface area (Å²) >= 11 is 0. The zero-order valence-electron chi connectivity index (χ0n) is 41.9. The Morgan fingerprint density at radius 1 is 0.200 bits per heavy atom. The molecular weight excluding hydrogens is 901 g/mol. The molecule has 14 aromatic rings. The van der Waals surface area contributed by atoms with Crippen LogP contribution in [0.4, 0.5) is 0 Å². The molecule has 0 heterocycles. The van der Waals surface area contributed by atoms with Gasteiger partial charge in [0.15, 0.2) is 0 Å². The predicted molar refractivity (Wildman–Crippen MR) is 322 cm³/mol. The molecule has 0 nitrogen and oxygen atoms in total. The molecule has 0 radical (unpaired) electrons. The predicted octanol–water partition coefficient (Wildman–Crippen LogP) is 20.9. The summed E-state index contributed by atoms with van der Waals surface area (Å²) in [5, 5.41) is 15.2. The second-order valence-electron chi connectivity index (χ2n) is 21.0. The monoisotopic (exact) mass is 950 g/mol. The molecule has 15 rings (SSSR count). The highest BCUT2D eigenvalue weighted by atomic mass is 14.4. The van der Waals surface area contributed by atoms with Crippen molar-refractivity contribution in [2.45, 2.75) is 19.3 Å². The smallest absolute Gasteiger partial charge is 0.0159 e. The Labute approximate surface area is 437 Å². The van der Waals surface area contributed by atoms with E-state index in [1.54, 1.807) is 0 Å². The van der Waals surface area contributed by atoms with Gasteiger partial charge in [-0.25, -0.2) is 0 Å². The first-order valence-electron chi connectivity index (χ1n) is 26.3. The van der Waals surface area contributed by atoms with Crippen molar-refractivity contribution in [1.82, 2.24) is 0 Å². The maximum absolute atomic E-state index is 2.50. The zero-order chi connectivity index (χ0) is 49.8. The molecule has 0 spiro atoms. The summed E-state index contributed by atoms with van der Waals surface area (Å²) in [6, 6.07) is 99.7. The van der Waals surface area contributed by atoms with Gasteiger partial charge < -0.3 is 0 Å². The number of hydrogen-bond acceptors (Lipinski definition) is 0. The lowest BCUT2D eigenvalue weighted by Crippen LogP contribution is -2.15. The van der Waals surface area contributed by atoms with Crippen LogP contribution in [0.5, 0.6) is 0 Å². The van der Waals surface area contributed by atoms with Crippen molar-refractivity contribution < 1.29 is 0 Å². The Kier molecular flexibility index (Phi) is 9.72. The van der Waals surface area contributed by atoms with E-state index in [9.17, 15) is 0 Å². The number of hydrogen-bond donors (Lipinski definition) is 0. The fourth-order valence-corrected chi connectivity index (χ4v) is 13.1. The first-order valence-corrected chi connectivity index (χ1v) is 26.3. The number of fused-ring (bicyclic) bond motifs is 10. The lowest BCUT2D eigenvalue weighted by Gasteiger charge is -2.24. The topological polar surface area (TPSA) is 0 Å². The summed E-state index contributed by atoms with van der Waals surface area (Å²) in [6.45, 7) is 4.83. The van der Waals surface area contributed by atoms with Crippen LogP contribution in [0.25, 0.3) is 143 Å². The molecule has 0 atom stereocenters. The third kappa shape index (κ3) is 6.69. The molecule has 0 aliphatic heterocycles. The van der Waals surface area contributed by atoms with Gasteiger partial charge in [-0.1, -0.05) is 257 Å². The van der Waals surface area contributed by atoms with Crippen LogP contribution in [0.1, 0.15) is 25.0 Å². The molecule has 0 unspecified atom stereocenters. The summed E-state index contributed by atoms with van der Waals surface area (Å²) in [7, 11) is 0. The van der Waals surface area contributed by atoms with Crippen molar-refractivity contribution in [3.8, 4) is 77.9 Å². The van der Waals surface area contributed by atoms with Gasteiger partial charge in [0.1, 0.15) is 0 Å². The summed E-state index contributed by atoms with van der Waals surface area (Å²) in [5.41, 5.74) is 20.1. The van der Waals surface area contributed by atoms with Gasteiger partial charge in [0.2, 0.25) is 0 Å². The molecule has 0 heteroatoms. The molecule has 0 aromatic heterocycles. The summed E-state index contributed by atoms with van der Waals surface area (Å²) in [4.78, 5) is 0. The fourth-order valence-electron chi connectivity index (χ4n) is 13.1. The second-order valence-corrected chi connectivity index (χ2v) is 21.0. The summed E-state index contributed by atoms with van der Waals surface area (Å²) in [6.07, 6.45) is 0. The molecule has 350 valence electrons. The van der Waals surface area contributed by atoms with E-state index in [0.29, 0.717) is 0 Å². The normalized spacial score (nSPS) is 12.8. The van der Waals surface area contributed by atoms with Gasteiger partial charge in [0.25, 0.3) is 0 Å². The van der Waals surface area contributed by atoms with Gasteiger partial charge in [-0.2, -0.15) is 0 Å². The molecule has 0 bridgehead atoms. The standard InChI is InChI=1S/C75H50/c1-75(2)69-45-53(67-44-52-23-9-10-24-55(52)56-25-11-12-26-57(56)67)38-40-58(69)59-41-39-54(46-70(59)75)74-64-31-17-14-28-61(64)71(62-29-15-18-32-65(62)74)49-33-35-50(36-34-49)72-60-27-13-16-30-63(60)73(48-21-7-4-8-22-48)68-43-51(37-42-66(68)72)47-19-5-3-6-20-47/h3-46H,1-2H3. The van der Waals surface area contributed by atoms with Crippen molar-refractivity contribution >= 4 is 64.6 Å². The Morgan fingerprint density at radius 2 is 0.560 bits per heavy atom. The third-order valence-electron chi connectivity index (χ3n) is 16.6. The van der Waals surface area contributed by atoms with Gasteiger partial charge in [-0.05, 0) is 178 Å². The van der Waals surface area contributed by atoms with Crippen molar-refractivity contribution in [3.63, 3.8) is 0 Å². The van der Waals surface area contributed by atoms with Gasteiger partial charge in [0.05, 0.1) is 0 Å². The van der Waals surface area contributed by atoms with Crippen molar-refractivity contribution in [1.29, 1.82) is 0 Å². The van der Waals surface area contributed by atoms with Crippen LogP contribution in [0, 0.1) is 0 Å². The average molecular weight is 951 g/mol. The highest BCUT2D eigenvalue weighted by molar-refractivity contribution is 6.24. The lowest BCUT2D eigenvalue weighted by molar-refractivity contribution is 0.661. The van der Waals surface area contributed by atoms with Crippen LogP contribution in [0.15, 0.2) is 267 Å². The van der Waals surface area contributed by atoms with E-state index < -0.39 is 0 Å². The van der Waals surface area contributed by atoms with Crippen LogP contribution >= 0.6 is 0 Å². The summed E-state index contributed by atoms with van der Waals surface area (Å²) < 4.78 is 0. The lowest BCUT2D eigenvalue weighted by atomic mass is 9.79. The maximum Gasteiger partial charge on any atom is 0.0159 e. The van der Waals surface area contributed by atoms with E-state index in [0.717, 1.165) is 0 Å². The van der Waals surface area contributed by atoms with Crippen LogP contribution in [0.2, 0.25) is 0 Å². The Bertz CT molecular complexity index is 4580. The Balaban J connectivity index is 0.857. The SMILES string of the molecule is CC1(C)c2cc(-c3c4ccccc4c(-c4ccc(-c5c6ccccc6c(-c6ccccc6)c6cc(-c7ccccc7)ccc56)cc4)c4ccccc34)ccc2-c2ccc(-c3cc4ccccc4c4ccccc34)cc21. The van der Waals surface area contributed by atoms with Crippen molar-refractivity contribution in [2.75, 3.05) is 0 Å². The van der Waals surface area contributed by atoms with Gasteiger partial charge >= 0.3 is 0 Å². The molecule has 0 N–H and O–H groups in total. The van der Waals surface area contributed by atoms with E-state index in [1.165, 1.54) is 154 Å². The quantitative estimate of drug-likeness (QED) is 0.115. The molecule has 75 heavy (non-hydrogen) atoms. The highest BCUT2D eigenvalue weighted by Crippen LogP contribution is 2.53. The van der Waals surface area contributed by atoms with Crippen molar-refractivity contribution in [3.05, 3.63) is 278 Å². The van der Waals surface area contributed by atoms with E-state index >= 15 is 0 Å².